The Hall–Kier alpha value is -1.94. The van der Waals surface area contributed by atoms with Gasteiger partial charge in [0.2, 0.25) is 0 Å². The number of aromatic amines is 1. The average Bonchev–Trinajstić information content (AvgIpc) is 2.43. The van der Waals surface area contributed by atoms with Crippen LogP contribution < -0.4 is 5.43 Å². The molecule has 1 heterocycles. The number of rotatable bonds is 1. The molecule has 2 aromatic carbocycles. The molecule has 0 bridgehead atoms. The molecule has 0 spiro atoms. The minimum Gasteiger partial charge on any atom is -0.352 e. The van der Waals surface area contributed by atoms with Gasteiger partial charge in [-0.3, -0.25) is 4.79 Å². The fraction of sp³-hybridized carbons (Fsp3) is 0. The van der Waals surface area contributed by atoms with Gasteiger partial charge < -0.3 is 4.98 Å². The first kappa shape index (κ1) is 12.1. The summed E-state index contributed by atoms with van der Waals surface area (Å²) in [6.07, 6.45) is 0. The first-order valence-electron chi connectivity index (χ1n) is 5.73. The van der Waals surface area contributed by atoms with E-state index in [-0.39, 0.29) is 10.9 Å². The number of nitrogens with one attached hydrogen (secondary N) is 1. The topological polar surface area (TPSA) is 32.9 Å². The van der Waals surface area contributed by atoms with E-state index in [4.69, 9.17) is 0 Å². The molecule has 1 N–H and O–H groups in total. The van der Waals surface area contributed by atoms with Crippen molar-refractivity contribution in [2.24, 2.45) is 0 Å². The first-order valence-corrected chi connectivity index (χ1v) is 6.52. The Morgan fingerprint density at radius 3 is 2.53 bits per heavy atom. The molecule has 0 atom stereocenters. The van der Waals surface area contributed by atoms with Crippen molar-refractivity contribution in [1.29, 1.82) is 0 Å². The third-order valence-corrected chi connectivity index (χ3v) is 3.63. The van der Waals surface area contributed by atoms with Crippen LogP contribution in [0.5, 0.6) is 0 Å². The van der Waals surface area contributed by atoms with E-state index < -0.39 is 5.82 Å². The average molecular weight is 318 g/mol. The molecule has 0 amide bonds. The lowest BCUT2D eigenvalue weighted by Crippen LogP contribution is -2.05. The summed E-state index contributed by atoms with van der Waals surface area (Å²) in [4.78, 5) is 15.1. The molecule has 0 fully saturated rings. The van der Waals surface area contributed by atoms with Crippen LogP contribution >= 0.6 is 15.9 Å². The van der Waals surface area contributed by atoms with Crippen LogP contribution in [0.3, 0.4) is 0 Å². The van der Waals surface area contributed by atoms with E-state index in [1.807, 2.05) is 30.3 Å². The van der Waals surface area contributed by atoms with Gasteiger partial charge in [-0.15, -0.1) is 0 Å². The highest BCUT2D eigenvalue weighted by Gasteiger charge is 2.10. The summed E-state index contributed by atoms with van der Waals surface area (Å²) in [6.45, 7) is 0. The van der Waals surface area contributed by atoms with Crippen molar-refractivity contribution in [3.05, 3.63) is 69.0 Å². The molecule has 19 heavy (non-hydrogen) atoms. The molecular weight excluding hydrogens is 309 g/mol. The number of aromatic nitrogens is 1. The predicted molar refractivity (Wildman–Crippen MR) is 77.7 cm³/mol. The summed E-state index contributed by atoms with van der Waals surface area (Å²) in [7, 11) is 0. The summed E-state index contributed by atoms with van der Waals surface area (Å²) in [5.41, 5.74) is 1.47. The van der Waals surface area contributed by atoms with Crippen LogP contribution in [0.1, 0.15) is 0 Å². The van der Waals surface area contributed by atoms with Gasteiger partial charge in [0.1, 0.15) is 5.82 Å². The molecule has 0 saturated carbocycles. The lowest BCUT2D eigenvalue weighted by atomic mass is 10.1. The Labute approximate surface area is 117 Å². The van der Waals surface area contributed by atoms with E-state index in [1.165, 1.54) is 18.2 Å². The third-order valence-electron chi connectivity index (χ3n) is 2.97. The minimum atomic E-state index is -0.437. The number of halogens is 2. The van der Waals surface area contributed by atoms with Gasteiger partial charge in [0, 0.05) is 16.2 Å². The Kier molecular flexibility index (Phi) is 2.95. The second kappa shape index (κ2) is 4.63. The largest absolute Gasteiger partial charge is 0.352 e. The quantitative estimate of drug-likeness (QED) is 0.720. The smallest absolute Gasteiger partial charge is 0.191 e. The molecule has 94 valence electrons. The number of hydrogen-bond acceptors (Lipinski definition) is 1. The fourth-order valence-corrected chi connectivity index (χ4v) is 2.59. The fourth-order valence-electron chi connectivity index (χ4n) is 2.06. The number of fused-ring (bicyclic) bond motifs is 1. The van der Waals surface area contributed by atoms with Crippen molar-refractivity contribution < 1.29 is 4.39 Å². The molecule has 0 saturated heterocycles. The second-order valence-corrected chi connectivity index (χ2v) is 5.05. The van der Waals surface area contributed by atoms with E-state index in [0.717, 1.165) is 5.56 Å². The number of pyridine rings is 1. The number of benzene rings is 2. The lowest BCUT2D eigenvalue weighted by Gasteiger charge is -2.06. The molecule has 0 aliphatic heterocycles. The summed E-state index contributed by atoms with van der Waals surface area (Å²) in [6, 6.07) is 13.7. The Balaban J connectivity index is 2.38. The van der Waals surface area contributed by atoms with Crippen molar-refractivity contribution >= 4 is 26.8 Å². The van der Waals surface area contributed by atoms with Gasteiger partial charge in [0.05, 0.1) is 10.9 Å². The lowest BCUT2D eigenvalue weighted by molar-refractivity contribution is 0.636. The summed E-state index contributed by atoms with van der Waals surface area (Å²) < 4.78 is 14.4. The van der Waals surface area contributed by atoms with Crippen LogP contribution in [0.25, 0.3) is 22.2 Å². The molecule has 1 aromatic heterocycles. The molecule has 0 radical (unpaired) electrons. The second-order valence-electron chi connectivity index (χ2n) is 4.19. The molecule has 0 unspecified atom stereocenters. The maximum Gasteiger partial charge on any atom is 0.191 e. The summed E-state index contributed by atoms with van der Waals surface area (Å²) in [5.74, 6) is -0.437. The molecule has 4 heteroatoms. The maximum atomic E-state index is 13.9. The molecular formula is C15H9BrFNO. The SMILES string of the molecule is O=c1cc(-c2ccccc2)[nH]c2c(F)ccc(Br)c12. The summed E-state index contributed by atoms with van der Waals surface area (Å²) in [5, 5.41) is 0.333. The highest BCUT2D eigenvalue weighted by atomic mass is 79.9. The van der Waals surface area contributed by atoms with Crippen LogP contribution in [0.4, 0.5) is 4.39 Å². The normalized spacial score (nSPS) is 10.8. The maximum absolute atomic E-state index is 13.9. The van der Waals surface area contributed by atoms with Gasteiger partial charge in [-0.25, -0.2) is 4.39 Å². The molecule has 3 rings (SSSR count). The first-order chi connectivity index (χ1) is 9.16. The van der Waals surface area contributed by atoms with Crippen molar-refractivity contribution in [1.82, 2.24) is 4.98 Å². The van der Waals surface area contributed by atoms with Crippen LogP contribution in [0, 0.1) is 5.82 Å². The highest BCUT2D eigenvalue weighted by molar-refractivity contribution is 9.10. The van der Waals surface area contributed by atoms with Gasteiger partial charge >= 0.3 is 0 Å². The van der Waals surface area contributed by atoms with E-state index >= 15 is 0 Å². The van der Waals surface area contributed by atoms with Crippen LogP contribution in [-0.2, 0) is 0 Å². The van der Waals surface area contributed by atoms with Crippen LogP contribution in [0.15, 0.2) is 57.8 Å². The minimum absolute atomic E-state index is 0.209. The zero-order valence-corrected chi connectivity index (χ0v) is 11.4. The van der Waals surface area contributed by atoms with Gasteiger partial charge in [-0.05, 0) is 33.6 Å². The monoisotopic (exact) mass is 317 g/mol. The number of hydrogen-bond donors (Lipinski definition) is 1. The highest BCUT2D eigenvalue weighted by Crippen LogP contribution is 2.24. The zero-order chi connectivity index (χ0) is 13.4. The van der Waals surface area contributed by atoms with Crippen LogP contribution in [0.2, 0.25) is 0 Å². The van der Waals surface area contributed by atoms with E-state index in [2.05, 4.69) is 20.9 Å². The summed E-state index contributed by atoms with van der Waals surface area (Å²) >= 11 is 3.28. The Morgan fingerprint density at radius 2 is 1.79 bits per heavy atom. The molecule has 2 nitrogen and oxygen atoms in total. The number of H-pyrrole nitrogens is 1. The van der Waals surface area contributed by atoms with E-state index in [1.54, 1.807) is 0 Å². The standard InChI is InChI=1S/C15H9BrFNO/c16-10-6-7-11(17)15-14(10)13(19)8-12(18-15)9-4-2-1-3-5-9/h1-8H,(H,18,19). The molecule has 3 aromatic rings. The Bertz CT molecular complexity index is 811. The van der Waals surface area contributed by atoms with Crippen molar-refractivity contribution in [3.63, 3.8) is 0 Å². The van der Waals surface area contributed by atoms with Crippen LogP contribution in [-0.4, -0.2) is 4.98 Å². The molecule has 0 aliphatic carbocycles. The van der Waals surface area contributed by atoms with Crippen molar-refractivity contribution in [2.75, 3.05) is 0 Å². The van der Waals surface area contributed by atoms with Gasteiger partial charge in [0.15, 0.2) is 5.43 Å². The predicted octanol–water partition coefficient (Wildman–Crippen LogP) is 4.10. The third kappa shape index (κ3) is 2.08. The van der Waals surface area contributed by atoms with E-state index in [9.17, 15) is 9.18 Å². The van der Waals surface area contributed by atoms with Gasteiger partial charge in [-0.1, -0.05) is 30.3 Å². The molecule has 0 aliphatic rings. The van der Waals surface area contributed by atoms with Gasteiger partial charge in [0.25, 0.3) is 0 Å². The zero-order valence-electron chi connectivity index (χ0n) is 9.78. The van der Waals surface area contributed by atoms with Gasteiger partial charge in [-0.2, -0.15) is 0 Å². The van der Waals surface area contributed by atoms with Crippen molar-refractivity contribution in [3.8, 4) is 11.3 Å². The van der Waals surface area contributed by atoms with E-state index in [0.29, 0.717) is 15.6 Å². The van der Waals surface area contributed by atoms with Crippen molar-refractivity contribution in [2.45, 2.75) is 0 Å². The Morgan fingerprint density at radius 1 is 1.05 bits per heavy atom.